The molecule has 29 heavy (non-hydrogen) atoms. The molecule has 1 aliphatic heterocycles. The molecule has 1 aliphatic carbocycles. The Morgan fingerprint density at radius 1 is 1.14 bits per heavy atom. The van der Waals surface area contributed by atoms with Crippen LogP contribution in [-0.4, -0.2) is 60.4 Å². The van der Waals surface area contributed by atoms with Gasteiger partial charge < -0.3 is 11.1 Å². The second-order valence-electron chi connectivity index (χ2n) is 8.72. The van der Waals surface area contributed by atoms with Gasteiger partial charge in [-0.05, 0) is 70.2 Å². The molecule has 2 aliphatic rings. The largest absolute Gasteiger partial charge is 0.390 e. The van der Waals surface area contributed by atoms with Gasteiger partial charge in [0.25, 0.3) is 0 Å². The van der Waals surface area contributed by atoms with E-state index in [1.54, 1.807) is 6.07 Å². The van der Waals surface area contributed by atoms with E-state index in [2.05, 4.69) is 46.9 Å². The standard InChI is InChI=1S/C23H36N6/c1-17(2)28-10-12-29(13-11-28)21-7-5-20(6-8-21)27-18(3)22-14-19(15-24)4-9-23(22)26-16-25/h4,9,14,16-18,20-21,27H,5-8,10-13H2,1-3H3,(H2,25,26). The summed E-state index contributed by atoms with van der Waals surface area (Å²) in [5.74, 6) is 0. The first kappa shape index (κ1) is 21.8. The molecule has 1 heterocycles. The van der Waals surface area contributed by atoms with E-state index in [-0.39, 0.29) is 6.04 Å². The highest BCUT2D eigenvalue weighted by Gasteiger charge is 2.29. The summed E-state index contributed by atoms with van der Waals surface area (Å²) in [6, 6.07) is 9.87. The van der Waals surface area contributed by atoms with Crippen LogP contribution < -0.4 is 11.1 Å². The third-order valence-corrected chi connectivity index (χ3v) is 6.61. The number of aliphatic imine (C=N–C) groups is 1. The van der Waals surface area contributed by atoms with Crippen LogP contribution in [0.2, 0.25) is 0 Å². The molecule has 0 spiro atoms. The summed E-state index contributed by atoms with van der Waals surface area (Å²) in [7, 11) is 0. The predicted octanol–water partition coefficient (Wildman–Crippen LogP) is 3.16. The van der Waals surface area contributed by atoms with Crippen LogP contribution >= 0.6 is 0 Å². The highest BCUT2D eigenvalue weighted by molar-refractivity contribution is 5.62. The number of hydrogen-bond acceptors (Lipinski definition) is 5. The van der Waals surface area contributed by atoms with Gasteiger partial charge >= 0.3 is 0 Å². The molecular weight excluding hydrogens is 360 g/mol. The molecule has 1 atom stereocenters. The van der Waals surface area contributed by atoms with Crippen LogP contribution in [0.3, 0.4) is 0 Å². The van der Waals surface area contributed by atoms with E-state index in [4.69, 9.17) is 5.73 Å². The Bertz CT molecular complexity index is 721. The molecule has 158 valence electrons. The molecule has 0 radical (unpaired) electrons. The molecule has 0 bridgehead atoms. The fraction of sp³-hybridized carbons (Fsp3) is 0.652. The van der Waals surface area contributed by atoms with Gasteiger partial charge in [-0.25, -0.2) is 4.99 Å². The quantitative estimate of drug-likeness (QED) is 0.570. The zero-order valence-electron chi connectivity index (χ0n) is 18.1. The van der Waals surface area contributed by atoms with E-state index in [1.807, 2.05) is 12.1 Å². The van der Waals surface area contributed by atoms with Crippen molar-refractivity contribution in [3.63, 3.8) is 0 Å². The van der Waals surface area contributed by atoms with Gasteiger partial charge in [-0.2, -0.15) is 5.26 Å². The van der Waals surface area contributed by atoms with Crippen molar-refractivity contribution in [2.75, 3.05) is 26.2 Å². The molecule has 1 saturated heterocycles. The Morgan fingerprint density at radius 3 is 2.41 bits per heavy atom. The van der Waals surface area contributed by atoms with Crippen molar-refractivity contribution in [1.82, 2.24) is 15.1 Å². The zero-order chi connectivity index (χ0) is 20.8. The van der Waals surface area contributed by atoms with Crippen LogP contribution in [0.1, 0.15) is 63.6 Å². The lowest BCUT2D eigenvalue weighted by Crippen LogP contribution is -2.53. The summed E-state index contributed by atoms with van der Waals surface area (Å²) in [6.45, 7) is 11.6. The maximum Gasteiger partial charge on any atom is 0.0991 e. The van der Waals surface area contributed by atoms with Gasteiger partial charge in [0, 0.05) is 50.3 Å². The van der Waals surface area contributed by atoms with Gasteiger partial charge in [-0.15, -0.1) is 0 Å². The average Bonchev–Trinajstić information content (AvgIpc) is 2.75. The van der Waals surface area contributed by atoms with Crippen molar-refractivity contribution in [2.24, 2.45) is 10.7 Å². The third kappa shape index (κ3) is 5.57. The third-order valence-electron chi connectivity index (χ3n) is 6.61. The highest BCUT2D eigenvalue weighted by atomic mass is 15.3. The lowest BCUT2D eigenvalue weighted by atomic mass is 9.89. The topological polar surface area (TPSA) is 80.7 Å². The number of nitriles is 1. The van der Waals surface area contributed by atoms with Crippen LogP contribution in [-0.2, 0) is 0 Å². The molecule has 6 heteroatoms. The molecule has 6 nitrogen and oxygen atoms in total. The van der Waals surface area contributed by atoms with Crippen LogP contribution in [0.4, 0.5) is 5.69 Å². The summed E-state index contributed by atoms with van der Waals surface area (Å²) < 4.78 is 0. The van der Waals surface area contributed by atoms with Gasteiger partial charge in [0.1, 0.15) is 0 Å². The number of nitrogens with two attached hydrogens (primary N) is 1. The number of hydrogen-bond donors (Lipinski definition) is 2. The molecule has 1 saturated carbocycles. The van der Waals surface area contributed by atoms with E-state index in [1.165, 1.54) is 58.2 Å². The Kier molecular flexibility index (Phi) is 7.65. The molecule has 0 aromatic heterocycles. The average molecular weight is 397 g/mol. The Balaban J connectivity index is 1.53. The Labute approximate surface area is 175 Å². The van der Waals surface area contributed by atoms with Crippen LogP contribution in [0.5, 0.6) is 0 Å². The number of nitrogens with one attached hydrogen (secondary N) is 1. The summed E-state index contributed by atoms with van der Waals surface area (Å²) in [4.78, 5) is 9.58. The fourth-order valence-corrected chi connectivity index (χ4v) is 4.84. The Morgan fingerprint density at radius 2 is 1.83 bits per heavy atom. The number of rotatable bonds is 6. The van der Waals surface area contributed by atoms with Gasteiger partial charge in [-0.3, -0.25) is 9.80 Å². The normalized spacial score (nSPS) is 25.3. The summed E-state index contributed by atoms with van der Waals surface area (Å²) in [6.07, 6.45) is 6.25. The number of benzene rings is 1. The van der Waals surface area contributed by atoms with Crippen LogP contribution in [0.15, 0.2) is 23.2 Å². The number of piperazine rings is 1. The summed E-state index contributed by atoms with van der Waals surface area (Å²) in [5.41, 5.74) is 8.05. The summed E-state index contributed by atoms with van der Waals surface area (Å²) in [5, 5.41) is 13.0. The molecule has 1 unspecified atom stereocenters. The zero-order valence-corrected chi connectivity index (χ0v) is 18.1. The minimum Gasteiger partial charge on any atom is -0.390 e. The molecule has 1 aromatic carbocycles. The Hall–Kier alpha value is -1.94. The van der Waals surface area contributed by atoms with E-state index >= 15 is 0 Å². The van der Waals surface area contributed by atoms with Crippen LogP contribution in [0, 0.1) is 11.3 Å². The van der Waals surface area contributed by atoms with Gasteiger partial charge in [0.05, 0.1) is 23.7 Å². The molecule has 3 rings (SSSR count). The molecule has 0 amide bonds. The first-order valence-electron chi connectivity index (χ1n) is 11.0. The summed E-state index contributed by atoms with van der Waals surface area (Å²) >= 11 is 0. The van der Waals surface area contributed by atoms with E-state index in [9.17, 15) is 5.26 Å². The van der Waals surface area contributed by atoms with Crippen molar-refractivity contribution in [3.8, 4) is 6.07 Å². The second kappa shape index (κ2) is 10.2. The smallest absolute Gasteiger partial charge is 0.0991 e. The first-order valence-corrected chi connectivity index (χ1v) is 11.0. The predicted molar refractivity (Wildman–Crippen MR) is 119 cm³/mol. The van der Waals surface area contributed by atoms with E-state index in [0.29, 0.717) is 17.6 Å². The van der Waals surface area contributed by atoms with Gasteiger partial charge in [0.2, 0.25) is 0 Å². The van der Waals surface area contributed by atoms with Crippen molar-refractivity contribution in [3.05, 3.63) is 29.3 Å². The van der Waals surface area contributed by atoms with Gasteiger partial charge in [0.15, 0.2) is 0 Å². The number of nitrogens with zero attached hydrogens (tertiary/aromatic N) is 4. The van der Waals surface area contributed by atoms with Crippen molar-refractivity contribution in [1.29, 1.82) is 5.26 Å². The molecule has 3 N–H and O–H groups in total. The molecule has 2 fully saturated rings. The fourth-order valence-electron chi connectivity index (χ4n) is 4.84. The maximum absolute atomic E-state index is 9.24. The highest BCUT2D eigenvalue weighted by Crippen LogP contribution is 2.30. The maximum atomic E-state index is 9.24. The minimum atomic E-state index is 0.137. The van der Waals surface area contributed by atoms with E-state index < -0.39 is 0 Å². The minimum absolute atomic E-state index is 0.137. The van der Waals surface area contributed by atoms with Crippen LogP contribution in [0.25, 0.3) is 0 Å². The van der Waals surface area contributed by atoms with Crippen molar-refractivity contribution in [2.45, 2.75) is 70.6 Å². The molecule has 1 aromatic rings. The monoisotopic (exact) mass is 396 g/mol. The second-order valence-corrected chi connectivity index (χ2v) is 8.72. The van der Waals surface area contributed by atoms with Crippen molar-refractivity contribution >= 4 is 12.0 Å². The SMILES string of the molecule is CC(NC1CCC(N2CCN(C(C)C)CC2)CC1)c1cc(C#N)ccc1N=CN. The van der Waals surface area contributed by atoms with Gasteiger partial charge in [-0.1, -0.05) is 0 Å². The first-order chi connectivity index (χ1) is 14.0. The van der Waals surface area contributed by atoms with E-state index in [0.717, 1.165) is 17.3 Å². The molecular formula is C23H36N6. The lowest BCUT2D eigenvalue weighted by molar-refractivity contribution is 0.0598. The van der Waals surface area contributed by atoms with Crippen molar-refractivity contribution < 1.29 is 0 Å². The lowest BCUT2D eigenvalue weighted by Gasteiger charge is -2.43.